The Morgan fingerprint density at radius 1 is 0.213 bits per heavy atom. The Kier molecular flexibility index (Phi) is 21.6. The van der Waals surface area contributed by atoms with E-state index in [4.69, 9.17) is 0 Å². The monoisotopic (exact) mass is 1330 g/mol. The lowest BCUT2D eigenvalue weighted by Gasteiger charge is -2.34. The van der Waals surface area contributed by atoms with Gasteiger partial charge in [0.15, 0.2) is 0 Å². The second-order valence-electron chi connectivity index (χ2n) is 22.7. The molecule has 24 heteroatoms. The van der Waals surface area contributed by atoms with E-state index in [1.165, 1.54) is 72.8 Å². The summed E-state index contributed by atoms with van der Waals surface area (Å²) in [4.78, 5) is -2.10. The Morgan fingerprint density at radius 3 is 0.551 bits per heavy atom. The standard InChI is InChI=1S/C65H68O18S6/c1-44(46-9-5-3-6-10-46)37-54(49-15-27-61(28-16-49)85(69,70)71)40-57(51-19-31-63(32-20-51)87(75,76)77)42-59(53-23-35-65(36-24-53)89(81,82)83)43-58(52-21-33-64(34-22-52)88(78,79)80)41-56(48-11-7-4-8-12-48)39-55(50-17-29-62(30-18-50)86(72,73)74)38-45(2)47-13-25-60(26-14-47)84(66,67)68/h3-36,44-45,54-59H,37-43H2,1-2H3,(H,66,67,68)(H,69,70,71)(H,72,73,74)(H,75,76,77)(H,78,79,80)(H,81,82,83). The van der Waals surface area contributed by atoms with Crippen molar-refractivity contribution in [2.75, 3.05) is 0 Å². The minimum atomic E-state index is -4.70. The van der Waals surface area contributed by atoms with Crippen LogP contribution in [0.1, 0.15) is 151 Å². The zero-order chi connectivity index (χ0) is 64.7. The predicted molar refractivity (Wildman–Crippen MR) is 336 cm³/mol. The van der Waals surface area contributed by atoms with Gasteiger partial charge in [0.2, 0.25) is 0 Å². The molecule has 0 aromatic heterocycles. The molecular weight excluding hydrogens is 1260 g/mol. The summed E-state index contributed by atoms with van der Waals surface area (Å²) in [5, 5.41) is 0. The van der Waals surface area contributed by atoms with Gasteiger partial charge in [-0.05, 0) is 210 Å². The van der Waals surface area contributed by atoms with Gasteiger partial charge in [-0.2, -0.15) is 50.5 Å². The zero-order valence-electron chi connectivity index (χ0n) is 48.2. The highest BCUT2D eigenvalue weighted by molar-refractivity contribution is 7.87. The molecule has 0 fully saturated rings. The summed E-state index contributed by atoms with van der Waals surface area (Å²) in [5.74, 6) is -3.16. The van der Waals surface area contributed by atoms with Gasteiger partial charge in [-0.25, -0.2) is 0 Å². The molecule has 8 aromatic carbocycles. The quantitative estimate of drug-likeness (QED) is 0.0248. The molecular formula is C65H68O18S6. The van der Waals surface area contributed by atoms with Crippen LogP contribution in [0.4, 0.5) is 0 Å². The van der Waals surface area contributed by atoms with Crippen LogP contribution in [0, 0.1) is 0 Å². The lowest BCUT2D eigenvalue weighted by molar-refractivity contribution is 0.379. The van der Waals surface area contributed by atoms with E-state index < -0.39 is 84.4 Å². The fraction of sp³-hybridized carbons (Fsp3) is 0.262. The number of benzene rings is 8. The van der Waals surface area contributed by atoms with Crippen LogP contribution in [-0.2, 0) is 60.7 Å². The Bertz CT molecular complexity index is 4410. The second kappa shape index (κ2) is 28.2. The first-order chi connectivity index (χ1) is 41.7. The van der Waals surface area contributed by atoms with Crippen molar-refractivity contribution in [3.05, 3.63) is 251 Å². The maximum atomic E-state index is 12.6. The first-order valence-electron chi connectivity index (χ1n) is 28.2. The predicted octanol–water partition coefficient (Wildman–Crippen LogP) is 13.5. The van der Waals surface area contributed by atoms with E-state index in [1.807, 2.05) is 67.6 Å². The third kappa shape index (κ3) is 18.7. The first kappa shape index (κ1) is 68.1. The van der Waals surface area contributed by atoms with Crippen molar-refractivity contribution in [1.29, 1.82) is 0 Å². The van der Waals surface area contributed by atoms with E-state index in [1.54, 1.807) is 72.8 Å². The molecule has 8 aromatic rings. The van der Waals surface area contributed by atoms with Crippen LogP contribution in [0.2, 0.25) is 0 Å². The van der Waals surface area contributed by atoms with Gasteiger partial charge in [-0.3, -0.25) is 27.3 Å². The van der Waals surface area contributed by atoms with Crippen molar-refractivity contribution in [1.82, 2.24) is 0 Å². The topological polar surface area (TPSA) is 326 Å². The zero-order valence-corrected chi connectivity index (χ0v) is 53.1. The SMILES string of the molecule is CC(CC(CC(CC(CC(CC(CC(CC(C)c1ccccc1)c1ccc(S(=O)(=O)O)cc1)c1ccc(S(=O)(=O)O)cc1)c1ccc(S(=O)(=O)O)cc1)c1ccc(S(=O)(=O)O)cc1)c1ccccc1)c1ccc(S(=O)(=O)O)cc1)c1ccc(S(=O)(=O)O)cc1. The van der Waals surface area contributed by atoms with E-state index in [2.05, 4.69) is 6.92 Å². The fourth-order valence-electron chi connectivity index (χ4n) is 12.1. The molecule has 8 rings (SSSR count). The maximum Gasteiger partial charge on any atom is 0.294 e. The van der Waals surface area contributed by atoms with Gasteiger partial charge in [-0.1, -0.05) is 147 Å². The van der Waals surface area contributed by atoms with Crippen molar-refractivity contribution >= 4 is 60.7 Å². The summed E-state index contributed by atoms with van der Waals surface area (Å²) in [6, 6.07) is 53.9. The van der Waals surface area contributed by atoms with Crippen molar-refractivity contribution in [3.8, 4) is 0 Å². The number of hydrogen-bond acceptors (Lipinski definition) is 12. The van der Waals surface area contributed by atoms with Crippen LogP contribution in [0.3, 0.4) is 0 Å². The molecule has 0 saturated heterocycles. The Labute approximate surface area is 521 Å². The van der Waals surface area contributed by atoms with E-state index in [0.717, 1.165) is 16.7 Å². The highest BCUT2D eigenvalue weighted by atomic mass is 32.2. The van der Waals surface area contributed by atoms with E-state index >= 15 is 0 Å². The Morgan fingerprint density at radius 2 is 0.360 bits per heavy atom. The Hall–Kier alpha value is -6.78. The van der Waals surface area contributed by atoms with Crippen LogP contribution < -0.4 is 0 Å². The van der Waals surface area contributed by atoms with E-state index in [0.29, 0.717) is 59.9 Å². The molecule has 0 aliphatic heterocycles. The minimum Gasteiger partial charge on any atom is -0.282 e. The van der Waals surface area contributed by atoms with Crippen molar-refractivity contribution in [2.24, 2.45) is 0 Å². The summed E-state index contributed by atoms with van der Waals surface area (Å²) in [6.07, 6.45) is 2.38. The molecule has 89 heavy (non-hydrogen) atoms. The van der Waals surface area contributed by atoms with Crippen molar-refractivity contribution < 1.29 is 77.8 Å². The average Bonchev–Trinajstić information content (AvgIpc) is 3.31. The highest BCUT2D eigenvalue weighted by Crippen LogP contribution is 2.48. The molecule has 0 spiro atoms. The molecule has 8 unspecified atom stereocenters. The third-order valence-electron chi connectivity index (χ3n) is 16.8. The molecule has 0 radical (unpaired) electrons. The average molecular weight is 1330 g/mol. The molecule has 0 aliphatic carbocycles. The summed E-state index contributed by atoms with van der Waals surface area (Å²) in [7, 11) is -27.8. The largest absolute Gasteiger partial charge is 0.294 e. The highest BCUT2D eigenvalue weighted by Gasteiger charge is 2.33. The third-order valence-corrected chi connectivity index (χ3v) is 22.0. The summed E-state index contributed by atoms with van der Waals surface area (Å²) < 4.78 is 209. The summed E-state index contributed by atoms with van der Waals surface area (Å²) in [5.41, 5.74) is 5.87. The van der Waals surface area contributed by atoms with E-state index in [9.17, 15) is 77.8 Å². The summed E-state index contributed by atoms with van der Waals surface area (Å²) >= 11 is 0. The lowest BCUT2D eigenvalue weighted by Crippen LogP contribution is -2.17. The molecule has 8 atom stereocenters. The van der Waals surface area contributed by atoms with Crippen LogP contribution >= 0.6 is 0 Å². The van der Waals surface area contributed by atoms with Gasteiger partial charge in [0.1, 0.15) is 0 Å². The van der Waals surface area contributed by atoms with Gasteiger partial charge in [-0.15, -0.1) is 0 Å². The fourth-order valence-corrected chi connectivity index (χ4v) is 15.0. The van der Waals surface area contributed by atoms with Crippen LogP contribution in [0.15, 0.2) is 236 Å². The van der Waals surface area contributed by atoms with E-state index in [-0.39, 0.29) is 65.9 Å². The normalized spacial score (nSPS) is 15.5. The van der Waals surface area contributed by atoms with Crippen LogP contribution in [-0.4, -0.2) is 77.8 Å². The van der Waals surface area contributed by atoms with Crippen LogP contribution in [0.5, 0.6) is 0 Å². The Balaban J connectivity index is 1.29. The molecule has 0 aliphatic rings. The lowest BCUT2D eigenvalue weighted by atomic mass is 9.71. The second-order valence-corrected chi connectivity index (χ2v) is 31.2. The minimum absolute atomic E-state index is 0.0862. The maximum absolute atomic E-state index is 12.6. The number of hydrogen-bond donors (Lipinski definition) is 6. The molecule has 0 bridgehead atoms. The summed E-state index contributed by atoms with van der Waals surface area (Å²) in [6.45, 7) is 3.99. The smallest absolute Gasteiger partial charge is 0.282 e. The van der Waals surface area contributed by atoms with Crippen molar-refractivity contribution in [3.63, 3.8) is 0 Å². The number of rotatable bonds is 28. The van der Waals surface area contributed by atoms with Crippen molar-refractivity contribution in [2.45, 2.75) is 136 Å². The molecule has 472 valence electrons. The molecule has 18 nitrogen and oxygen atoms in total. The van der Waals surface area contributed by atoms with Crippen LogP contribution in [0.25, 0.3) is 0 Å². The van der Waals surface area contributed by atoms with Gasteiger partial charge in [0.05, 0.1) is 29.4 Å². The molecule has 0 heterocycles. The van der Waals surface area contributed by atoms with Gasteiger partial charge >= 0.3 is 0 Å². The molecule has 0 saturated carbocycles. The van der Waals surface area contributed by atoms with Gasteiger partial charge in [0.25, 0.3) is 60.7 Å². The van der Waals surface area contributed by atoms with Gasteiger partial charge < -0.3 is 0 Å². The molecule has 0 amide bonds. The first-order valence-corrected chi connectivity index (χ1v) is 36.9. The molecule has 6 N–H and O–H groups in total. The van der Waals surface area contributed by atoms with Gasteiger partial charge in [0, 0.05) is 0 Å².